The molecule has 27 heavy (non-hydrogen) atoms. The summed E-state index contributed by atoms with van der Waals surface area (Å²) in [6.45, 7) is 9.72. The summed E-state index contributed by atoms with van der Waals surface area (Å²) in [4.78, 5) is 17.2. The van der Waals surface area contributed by atoms with E-state index in [1.807, 2.05) is 48.6 Å². The second-order valence-corrected chi connectivity index (χ2v) is 8.56. The first kappa shape index (κ1) is 20.6. The number of halogens is 3. The molecule has 5 nitrogen and oxygen atoms in total. The Bertz CT molecular complexity index is 846. The maximum atomic E-state index is 12.9. The first-order chi connectivity index (χ1) is 12.8. The molecule has 2 heterocycles. The molecule has 1 aliphatic rings. The summed E-state index contributed by atoms with van der Waals surface area (Å²) in [5, 5.41) is 5.65. The SMILES string of the molecule is Cc1nn(C(C)C(=O)N2CCN(Cc3ccc(Cl)c(Cl)c3)CC2)c(C)c1Br. The van der Waals surface area contributed by atoms with E-state index in [2.05, 4.69) is 25.9 Å². The summed E-state index contributed by atoms with van der Waals surface area (Å²) in [6.07, 6.45) is 0. The number of benzene rings is 1. The standard InChI is InChI=1S/C19H23BrCl2N4O/c1-12-18(20)13(2)26(23-12)14(3)19(27)25-8-6-24(7-9-25)11-15-4-5-16(21)17(22)10-15/h4-5,10,14H,6-9,11H2,1-3H3. The quantitative estimate of drug-likeness (QED) is 0.657. The fraction of sp³-hybridized carbons (Fsp3) is 0.474. The molecule has 8 heteroatoms. The van der Waals surface area contributed by atoms with E-state index in [0.29, 0.717) is 23.1 Å². The molecular formula is C19H23BrCl2N4O. The lowest BCUT2D eigenvalue weighted by Crippen LogP contribution is -2.50. The highest BCUT2D eigenvalue weighted by Gasteiger charge is 2.28. The van der Waals surface area contributed by atoms with Gasteiger partial charge in [0, 0.05) is 32.7 Å². The zero-order chi connectivity index (χ0) is 19.7. The van der Waals surface area contributed by atoms with Gasteiger partial charge in [-0.2, -0.15) is 5.10 Å². The Kier molecular flexibility index (Phi) is 6.51. The first-order valence-electron chi connectivity index (χ1n) is 8.94. The van der Waals surface area contributed by atoms with Gasteiger partial charge in [0.1, 0.15) is 6.04 Å². The van der Waals surface area contributed by atoms with E-state index in [-0.39, 0.29) is 11.9 Å². The van der Waals surface area contributed by atoms with Crippen molar-refractivity contribution in [2.75, 3.05) is 26.2 Å². The van der Waals surface area contributed by atoms with Gasteiger partial charge in [0.2, 0.25) is 5.91 Å². The molecule has 2 aromatic rings. The molecule has 1 atom stereocenters. The fourth-order valence-corrected chi connectivity index (χ4v) is 3.99. The lowest BCUT2D eigenvalue weighted by Gasteiger charge is -2.36. The van der Waals surface area contributed by atoms with E-state index >= 15 is 0 Å². The minimum Gasteiger partial charge on any atom is -0.338 e. The summed E-state index contributed by atoms with van der Waals surface area (Å²) in [6, 6.07) is 5.42. The fourth-order valence-electron chi connectivity index (χ4n) is 3.41. The van der Waals surface area contributed by atoms with Gasteiger partial charge < -0.3 is 4.90 Å². The number of nitrogens with zero attached hydrogens (tertiary/aromatic N) is 4. The average molecular weight is 474 g/mol. The van der Waals surface area contributed by atoms with E-state index in [0.717, 1.165) is 41.1 Å². The molecule has 1 fully saturated rings. The largest absolute Gasteiger partial charge is 0.338 e. The highest BCUT2D eigenvalue weighted by molar-refractivity contribution is 9.10. The number of rotatable bonds is 4. The first-order valence-corrected chi connectivity index (χ1v) is 10.5. The molecule has 1 saturated heterocycles. The maximum Gasteiger partial charge on any atom is 0.247 e. The lowest BCUT2D eigenvalue weighted by atomic mass is 10.2. The number of hydrogen-bond acceptors (Lipinski definition) is 3. The lowest BCUT2D eigenvalue weighted by molar-refractivity contribution is -0.136. The molecule has 1 aromatic carbocycles. The Morgan fingerprint density at radius 2 is 1.85 bits per heavy atom. The van der Waals surface area contributed by atoms with Crippen molar-refractivity contribution in [1.82, 2.24) is 19.6 Å². The Hall–Kier alpha value is -1.08. The van der Waals surface area contributed by atoms with Gasteiger partial charge in [0.25, 0.3) is 0 Å². The van der Waals surface area contributed by atoms with E-state index in [1.54, 1.807) is 0 Å². The van der Waals surface area contributed by atoms with Crippen LogP contribution in [-0.4, -0.2) is 51.7 Å². The van der Waals surface area contributed by atoms with Crippen molar-refractivity contribution < 1.29 is 4.79 Å². The predicted molar refractivity (Wildman–Crippen MR) is 112 cm³/mol. The van der Waals surface area contributed by atoms with Crippen molar-refractivity contribution >= 4 is 45.0 Å². The van der Waals surface area contributed by atoms with Crippen LogP contribution in [0.2, 0.25) is 10.0 Å². The molecule has 0 radical (unpaired) electrons. The van der Waals surface area contributed by atoms with Crippen LogP contribution < -0.4 is 0 Å². The van der Waals surface area contributed by atoms with E-state index < -0.39 is 0 Å². The highest BCUT2D eigenvalue weighted by atomic mass is 79.9. The number of piperazine rings is 1. The van der Waals surface area contributed by atoms with Crippen LogP contribution in [-0.2, 0) is 11.3 Å². The molecule has 1 unspecified atom stereocenters. The molecule has 1 aliphatic heterocycles. The van der Waals surface area contributed by atoms with Gasteiger partial charge >= 0.3 is 0 Å². The predicted octanol–water partition coefficient (Wildman–Crippen LogP) is 4.47. The van der Waals surface area contributed by atoms with Crippen LogP contribution in [0.25, 0.3) is 0 Å². The van der Waals surface area contributed by atoms with Gasteiger partial charge in [0.05, 0.1) is 25.9 Å². The van der Waals surface area contributed by atoms with Crippen molar-refractivity contribution in [3.05, 3.63) is 49.7 Å². The van der Waals surface area contributed by atoms with Crippen LogP contribution >= 0.6 is 39.1 Å². The van der Waals surface area contributed by atoms with Crippen LogP contribution in [0.4, 0.5) is 0 Å². The second-order valence-electron chi connectivity index (χ2n) is 6.96. The third-order valence-electron chi connectivity index (χ3n) is 5.04. The summed E-state index contributed by atoms with van der Waals surface area (Å²) < 4.78 is 2.78. The van der Waals surface area contributed by atoms with Crippen molar-refractivity contribution in [2.45, 2.75) is 33.4 Å². The van der Waals surface area contributed by atoms with E-state index in [4.69, 9.17) is 23.2 Å². The molecule has 0 spiro atoms. The van der Waals surface area contributed by atoms with Crippen LogP contribution in [0.3, 0.4) is 0 Å². The number of carbonyl (C=O) groups is 1. The van der Waals surface area contributed by atoms with Gasteiger partial charge in [-0.25, -0.2) is 0 Å². The molecule has 0 N–H and O–H groups in total. The molecule has 0 aliphatic carbocycles. The number of carbonyl (C=O) groups excluding carboxylic acids is 1. The zero-order valence-electron chi connectivity index (χ0n) is 15.7. The van der Waals surface area contributed by atoms with Gasteiger partial charge in [-0.15, -0.1) is 0 Å². The molecular weight excluding hydrogens is 451 g/mol. The normalized spacial score (nSPS) is 16.6. The van der Waals surface area contributed by atoms with Gasteiger partial charge in [-0.3, -0.25) is 14.4 Å². The summed E-state index contributed by atoms with van der Waals surface area (Å²) in [5.74, 6) is 0.113. The number of aromatic nitrogens is 2. The molecule has 3 rings (SSSR count). The van der Waals surface area contributed by atoms with Crippen LogP contribution in [0, 0.1) is 13.8 Å². The van der Waals surface area contributed by atoms with Crippen LogP contribution in [0.15, 0.2) is 22.7 Å². The third-order valence-corrected chi connectivity index (χ3v) is 6.92. The Labute approximate surface area is 178 Å². The highest BCUT2D eigenvalue weighted by Crippen LogP contribution is 2.25. The molecule has 0 bridgehead atoms. The van der Waals surface area contributed by atoms with Crippen LogP contribution in [0.1, 0.15) is 29.9 Å². The molecule has 146 valence electrons. The van der Waals surface area contributed by atoms with Crippen molar-refractivity contribution in [2.24, 2.45) is 0 Å². The van der Waals surface area contributed by atoms with Gasteiger partial charge in [-0.05, 0) is 54.4 Å². The maximum absolute atomic E-state index is 12.9. The van der Waals surface area contributed by atoms with E-state index in [9.17, 15) is 4.79 Å². The van der Waals surface area contributed by atoms with Crippen molar-refractivity contribution in [1.29, 1.82) is 0 Å². The smallest absolute Gasteiger partial charge is 0.247 e. The van der Waals surface area contributed by atoms with Crippen molar-refractivity contribution in [3.63, 3.8) is 0 Å². The summed E-state index contributed by atoms with van der Waals surface area (Å²) >= 11 is 15.6. The van der Waals surface area contributed by atoms with Gasteiger partial charge in [-0.1, -0.05) is 29.3 Å². The average Bonchev–Trinajstić information content (AvgIpc) is 2.91. The number of hydrogen-bond donors (Lipinski definition) is 0. The molecule has 1 aromatic heterocycles. The van der Waals surface area contributed by atoms with Gasteiger partial charge in [0.15, 0.2) is 0 Å². The Morgan fingerprint density at radius 3 is 2.41 bits per heavy atom. The van der Waals surface area contributed by atoms with E-state index in [1.165, 1.54) is 0 Å². The topological polar surface area (TPSA) is 41.4 Å². The van der Waals surface area contributed by atoms with Crippen LogP contribution in [0.5, 0.6) is 0 Å². The molecule has 0 saturated carbocycles. The van der Waals surface area contributed by atoms with Crippen molar-refractivity contribution in [3.8, 4) is 0 Å². The second kappa shape index (κ2) is 8.52. The minimum absolute atomic E-state index is 0.113. The summed E-state index contributed by atoms with van der Waals surface area (Å²) in [5.41, 5.74) is 3.01. The minimum atomic E-state index is -0.309. The Morgan fingerprint density at radius 1 is 1.19 bits per heavy atom. The molecule has 1 amide bonds. The third kappa shape index (κ3) is 4.50. The Balaban J connectivity index is 1.58. The number of aryl methyl sites for hydroxylation is 1. The summed E-state index contributed by atoms with van der Waals surface area (Å²) in [7, 11) is 0. The zero-order valence-corrected chi connectivity index (χ0v) is 18.8. The number of amides is 1. The monoisotopic (exact) mass is 472 g/mol.